The van der Waals surface area contributed by atoms with Crippen LogP contribution in [0.25, 0.3) is 6.08 Å². The van der Waals surface area contributed by atoms with Crippen molar-refractivity contribution in [3.63, 3.8) is 0 Å². The number of fused-ring (bicyclic) bond motifs is 1. The molecule has 1 saturated heterocycles. The van der Waals surface area contributed by atoms with Gasteiger partial charge in [-0.15, -0.1) is 0 Å². The summed E-state index contributed by atoms with van der Waals surface area (Å²) in [6, 6.07) is 2.43. The second-order valence-electron chi connectivity index (χ2n) is 6.68. The molecule has 28 heavy (non-hydrogen) atoms. The van der Waals surface area contributed by atoms with Gasteiger partial charge >= 0.3 is 5.69 Å². The van der Waals surface area contributed by atoms with Crippen LogP contribution < -0.4 is 5.32 Å². The molecule has 0 radical (unpaired) electrons. The topological polar surface area (TPSA) is 172 Å². The smallest absolute Gasteiger partial charge is 0.311 e. The number of phenolic OH excluding ortho intramolecular Hbond substituents is 1. The highest BCUT2D eigenvalue weighted by molar-refractivity contribution is 5.97. The number of nitrogens with one attached hydrogen (secondary N) is 1. The molecule has 11 nitrogen and oxygen atoms in total. The third kappa shape index (κ3) is 3.70. The van der Waals surface area contributed by atoms with Gasteiger partial charge in [-0.1, -0.05) is 6.07 Å². The predicted molar refractivity (Wildman–Crippen MR) is 93.0 cm³/mol. The lowest BCUT2D eigenvalue weighted by Gasteiger charge is -2.41. The number of benzene rings is 1. The van der Waals surface area contributed by atoms with E-state index in [-0.39, 0.29) is 12.4 Å². The van der Waals surface area contributed by atoms with E-state index < -0.39 is 58.8 Å². The third-order valence-electron chi connectivity index (χ3n) is 4.84. The van der Waals surface area contributed by atoms with Crippen LogP contribution in [0, 0.1) is 10.1 Å². The minimum atomic E-state index is -1.48. The highest BCUT2D eigenvalue weighted by atomic mass is 16.7. The Hall–Kier alpha value is -2.57. The maximum Gasteiger partial charge on any atom is 0.311 e. The van der Waals surface area contributed by atoms with Crippen LogP contribution in [0.15, 0.2) is 23.8 Å². The predicted octanol–water partition coefficient (Wildman–Crippen LogP) is -0.974. The molecule has 1 aromatic carbocycles. The minimum absolute atomic E-state index is 0.125. The first-order chi connectivity index (χ1) is 13.2. The normalized spacial score (nSPS) is 32.6. The Bertz CT molecular complexity index is 812. The van der Waals surface area contributed by atoms with Gasteiger partial charge in [-0.05, 0) is 24.6 Å². The van der Waals surface area contributed by atoms with Crippen molar-refractivity contribution in [1.82, 2.24) is 5.32 Å². The zero-order valence-corrected chi connectivity index (χ0v) is 14.8. The van der Waals surface area contributed by atoms with Crippen LogP contribution in [-0.2, 0) is 14.3 Å². The summed E-state index contributed by atoms with van der Waals surface area (Å²) in [5, 5.41) is 53.5. The Morgan fingerprint density at radius 2 is 1.86 bits per heavy atom. The van der Waals surface area contributed by atoms with Gasteiger partial charge in [-0.2, -0.15) is 0 Å². The first kappa shape index (κ1) is 20.2. The van der Waals surface area contributed by atoms with Crippen molar-refractivity contribution < 1.29 is 39.6 Å². The zero-order chi connectivity index (χ0) is 20.6. The molecule has 2 aliphatic rings. The van der Waals surface area contributed by atoms with Gasteiger partial charge in [0.05, 0.1) is 11.0 Å². The van der Waals surface area contributed by atoms with Crippen molar-refractivity contribution in [3.8, 4) is 5.75 Å². The van der Waals surface area contributed by atoms with E-state index in [9.17, 15) is 35.3 Å². The molecule has 2 fully saturated rings. The van der Waals surface area contributed by atoms with Gasteiger partial charge in [0.2, 0.25) is 5.91 Å². The number of aliphatic hydroxyl groups excluding tert-OH is 3. The fourth-order valence-electron chi connectivity index (χ4n) is 3.31. The first-order valence-electron chi connectivity index (χ1n) is 8.44. The van der Waals surface area contributed by atoms with E-state index in [1.54, 1.807) is 0 Å². The molecule has 1 saturated carbocycles. The fourth-order valence-corrected chi connectivity index (χ4v) is 3.31. The van der Waals surface area contributed by atoms with Crippen molar-refractivity contribution in [2.24, 2.45) is 0 Å². The average molecular weight is 396 g/mol. The van der Waals surface area contributed by atoms with E-state index in [1.807, 2.05) is 0 Å². The van der Waals surface area contributed by atoms with Gasteiger partial charge in [-0.3, -0.25) is 14.9 Å². The summed E-state index contributed by atoms with van der Waals surface area (Å²) in [6.07, 6.45) is -4.59. The van der Waals surface area contributed by atoms with Crippen LogP contribution in [0.4, 0.5) is 5.69 Å². The lowest BCUT2D eigenvalue weighted by atomic mass is 9.83. The highest BCUT2D eigenvalue weighted by Gasteiger charge is 2.53. The molecule has 3 rings (SSSR count). The number of carbonyl (C=O) groups excluding carboxylic acids is 1. The van der Waals surface area contributed by atoms with Crippen LogP contribution in [-0.4, -0.2) is 74.6 Å². The number of ether oxygens (including phenoxy) is 2. The molecule has 0 aromatic heterocycles. The number of aliphatic hydroxyl groups is 3. The Morgan fingerprint density at radius 1 is 1.21 bits per heavy atom. The lowest BCUT2D eigenvalue weighted by Crippen LogP contribution is -2.67. The molecule has 1 amide bonds. The Balaban J connectivity index is 1.76. The minimum Gasteiger partial charge on any atom is -0.502 e. The van der Waals surface area contributed by atoms with Crippen molar-refractivity contribution in [2.45, 2.75) is 43.5 Å². The molecule has 0 bridgehead atoms. The maximum atomic E-state index is 12.5. The van der Waals surface area contributed by atoms with E-state index in [0.29, 0.717) is 5.56 Å². The number of carbonyl (C=O) groups is 1. The lowest BCUT2D eigenvalue weighted by molar-refractivity contribution is -0.385. The summed E-state index contributed by atoms with van der Waals surface area (Å²) in [5.74, 6) is -1.16. The van der Waals surface area contributed by atoms with Crippen LogP contribution >= 0.6 is 0 Å². The van der Waals surface area contributed by atoms with Gasteiger partial charge in [0.1, 0.15) is 37.3 Å². The molecule has 1 aromatic rings. The quantitative estimate of drug-likeness (QED) is 0.244. The van der Waals surface area contributed by atoms with Gasteiger partial charge < -0.3 is 35.2 Å². The molecule has 11 heteroatoms. The Kier molecular flexibility index (Phi) is 5.63. The molecule has 6 atom stereocenters. The number of nitro groups is 1. The molecule has 1 aliphatic heterocycles. The molecule has 152 valence electrons. The van der Waals surface area contributed by atoms with Gasteiger partial charge in [-0.25, -0.2) is 0 Å². The van der Waals surface area contributed by atoms with E-state index in [1.165, 1.54) is 19.1 Å². The van der Waals surface area contributed by atoms with Crippen molar-refractivity contribution in [3.05, 3.63) is 39.4 Å². The maximum absolute atomic E-state index is 12.5. The number of amides is 1. The standard InChI is InChI=1S/C17H20N2O9/c1-7(4-8-2-3-10(20)9(5-8)19(25)26)17(24)18-11-12(21)14(23)16-15(13(11)22)27-6-28-16/h2-5,11-16,20-23H,6H2,1H3,(H,18,24)/t11?,12-,13+,14+,15-,16+/m0/s1. The van der Waals surface area contributed by atoms with Crippen LogP contribution in [0.5, 0.6) is 5.75 Å². The van der Waals surface area contributed by atoms with Crippen molar-refractivity contribution in [1.29, 1.82) is 0 Å². The van der Waals surface area contributed by atoms with E-state index in [2.05, 4.69) is 5.32 Å². The van der Waals surface area contributed by atoms with Gasteiger partial charge in [0.15, 0.2) is 5.75 Å². The molecule has 5 N–H and O–H groups in total. The molecular weight excluding hydrogens is 376 g/mol. The number of nitro benzene ring substituents is 1. The van der Waals surface area contributed by atoms with E-state index in [0.717, 1.165) is 12.1 Å². The number of rotatable bonds is 4. The first-order valence-corrected chi connectivity index (χ1v) is 8.44. The molecule has 1 aliphatic carbocycles. The molecule has 1 unspecified atom stereocenters. The third-order valence-corrected chi connectivity index (χ3v) is 4.84. The summed E-state index contributed by atoms with van der Waals surface area (Å²) in [4.78, 5) is 22.6. The van der Waals surface area contributed by atoms with Crippen LogP contribution in [0.1, 0.15) is 12.5 Å². The summed E-state index contributed by atoms with van der Waals surface area (Å²) in [6.45, 7) is 1.29. The number of nitrogens with zero attached hydrogens (tertiary/aromatic N) is 1. The summed E-state index contributed by atoms with van der Waals surface area (Å²) in [5.41, 5.74) is -0.0817. The van der Waals surface area contributed by atoms with Gasteiger partial charge in [0.25, 0.3) is 0 Å². The second kappa shape index (κ2) is 7.81. The van der Waals surface area contributed by atoms with Crippen molar-refractivity contribution in [2.75, 3.05) is 6.79 Å². The Morgan fingerprint density at radius 3 is 2.50 bits per heavy atom. The molecule has 1 heterocycles. The Labute approximate surface area is 159 Å². The number of hydrogen-bond acceptors (Lipinski definition) is 9. The van der Waals surface area contributed by atoms with Crippen LogP contribution in [0.3, 0.4) is 0 Å². The zero-order valence-electron chi connectivity index (χ0n) is 14.8. The SMILES string of the molecule is CC(=Cc1ccc(O)c([N+](=O)[O-])c1)C(=O)NC1[C@@H](O)[C@@H]2OCO[C@@H]2[C@H](O)[C@H]1O. The molecular formula is C17H20N2O9. The van der Waals surface area contributed by atoms with E-state index in [4.69, 9.17) is 9.47 Å². The monoisotopic (exact) mass is 396 g/mol. The number of aromatic hydroxyl groups is 1. The number of hydrogen-bond donors (Lipinski definition) is 5. The summed E-state index contributed by atoms with van der Waals surface area (Å²) >= 11 is 0. The second-order valence-corrected chi connectivity index (χ2v) is 6.68. The highest BCUT2D eigenvalue weighted by Crippen LogP contribution is 2.30. The summed E-state index contributed by atoms with van der Waals surface area (Å²) in [7, 11) is 0. The average Bonchev–Trinajstić information content (AvgIpc) is 3.14. The van der Waals surface area contributed by atoms with E-state index >= 15 is 0 Å². The number of phenols is 1. The van der Waals surface area contributed by atoms with Crippen LogP contribution in [0.2, 0.25) is 0 Å². The molecule has 0 spiro atoms. The fraction of sp³-hybridized carbons (Fsp3) is 0.471. The largest absolute Gasteiger partial charge is 0.502 e. The summed E-state index contributed by atoms with van der Waals surface area (Å²) < 4.78 is 10.3. The van der Waals surface area contributed by atoms with Crippen molar-refractivity contribution >= 4 is 17.7 Å². The van der Waals surface area contributed by atoms with Gasteiger partial charge in [0, 0.05) is 11.6 Å².